The van der Waals surface area contributed by atoms with Crippen LogP contribution in [0.15, 0.2) is 12.1 Å². The largest absolute Gasteiger partial charge is 0.465 e. The molecule has 22 heavy (non-hydrogen) atoms. The number of rotatable bonds is 1. The summed E-state index contributed by atoms with van der Waals surface area (Å²) in [5, 5.41) is 9.21. The summed E-state index contributed by atoms with van der Waals surface area (Å²) in [6, 6.07) is 4.04. The van der Waals surface area contributed by atoms with Crippen molar-refractivity contribution in [2.45, 2.75) is 38.3 Å². The molecule has 1 aromatic heterocycles. The molecule has 5 nitrogen and oxygen atoms in total. The zero-order chi connectivity index (χ0) is 15.7. The number of aromatic nitrogens is 1. The van der Waals surface area contributed by atoms with Crippen LogP contribution in [0, 0.1) is 0 Å². The van der Waals surface area contributed by atoms with E-state index in [-0.39, 0.29) is 5.92 Å². The van der Waals surface area contributed by atoms with Crippen LogP contribution in [0.5, 0.6) is 0 Å². The minimum absolute atomic E-state index is 0.0762. The molecule has 2 aliphatic heterocycles. The van der Waals surface area contributed by atoms with Gasteiger partial charge in [-0.05, 0) is 30.9 Å². The molecule has 1 saturated heterocycles. The van der Waals surface area contributed by atoms with Crippen molar-refractivity contribution in [3.63, 3.8) is 0 Å². The molecule has 3 rings (SSSR count). The van der Waals surface area contributed by atoms with Crippen molar-refractivity contribution in [2.75, 3.05) is 31.1 Å². The normalized spacial score (nSPS) is 23.1. The van der Waals surface area contributed by atoms with Crippen LogP contribution in [0.2, 0.25) is 0 Å². The van der Waals surface area contributed by atoms with E-state index in [9.17, 15) is 14.3 Å². The van der Waals surface area contributed by atoms with Crippen molar-refractivity contribution >= 4 is 11.9 Å². The Bertz CT molecular complexity index is 558. The Labute approximate surface area is 129 Å². The van der Waals surface area contributed by atoms with Gasteiger partial charge < -0.3 is 14.9 Å². The lowest BCUT2D eigenvalue weighted by Gasteiger charge is -2.30. The molecule has 2 aliphatic rings. The number of alkyl halides is 1. The predicted molar refractivity (Wildman–Crippen MR) is 82.3 cm³/mol. The van der Waals surface area contributed by atoms with Crippen molar-refractivity contribution in [3.05, 3.63) is 23.4 Å². The van der Waals surface area contributed by atoms with Crippen LogP contribution in [0.25, 0.3) is 0 Å². The van der Waals surface area contributed by atoms with E-state index in [1.165, 1.54) is 4.90 Å². The third-order valence-electron chi connectivity index (χ3n) is 4.63. The first-order chi connectivity index (χ1) is 10.5. The van der Waals surface area contributed by atoms with E-state index in [4.69, 9.17) is 4.98 Å². The first-order valence-corrected chi connectivity index (χ1v) is 7.91. The fourth-order valence-corrected chi connectivity index (χ4v) is 3.32. The number of nitrogens with zero attached hydrogens (tertiary/aromatic N) is 3. The van der Waals surface area contributed by atoms with Crippen molar-refractivity contribution in [2.24, 2.45) is 0 Å². The predicted octanol–water partition coefficient (Wildman–Crippen LogP) is 2.66. The second kappa shape index (κ2) is 6.10. The van der Waals surface area contributed by atoms with Gasteiger partial charge in [-0.3, -0.25) is 0 Å². The highest BCUT2D eigenvalue weighted by molar-refractivity contribution is 5.65. The lowest BCUT2D eigenvalue weighted by molar-refractivity contribution is 0.144. The fraction of sp³-hybridized carbons (Fsp3) is 0.625. The molecule has 6 heteroatoms. The first-order valence-electron chi connectivity index (χ1n) is 7.91. The molecule has 0 aliphatic carbocycles. The van der Waals surface area contributed by atoms with E-state index in [1.54, 1.807) is 0 Å². The van der Waals surface area contributed by atoms with E-state index >= 15 is 0 Å². The summed E-state index contributed by atoms with van der Waals surface area (Å²) in [5.41, 5.74) is 2.11. The Balaban J connectivity index is 1.82. The number of halogens is 1. The van der Waals surface area contributed by atoms with E-state index in [0.29, 0.717) is 45.4 Å². The lowest BCUT2D eigenvalue weighted by atomic mass is 10.0. The number of hydrogen-bond donors (Lipinski definition) is 1. The zero-order valence-electron chi connectivity index (χ0n) is 12.8. The summed E-state index contributed by atoms with van der Waals surface area (Å²) in [4.78, 5) is 19.6. The molecule has 1 atom stereocenters. The molecule has 1 N–H and O–H groups in total. The van der Waals surface area contributed by atoms with Gasteiger partial charge in [0, 0.05) is 32.1 Å². The van der Waals surface area contributed by atoms with Crippen molar-refractivity contribution in [3.8, 4) is 0 Å². The third-order valence-corrected chi connectivity index (χ3v) is 4.63. The third kappa shape index (κ3) is 3.00. The molecule has 0 spiro atoms. The number of carbonyl (C=O) groups is 1. The average molecular weight is 307 g/mol. The molecule has 3 heterocycles. The van der Waals surface area contributed by atoms with Gasteiger partial charge in [0.1, 0.15) is 12.0 Å². The molecule has 0 radical (unpaired) electrons. The maximum absolute atomic E-state index is 13.3. The number of piperidine rings is 1. The van der Waals surface area contributed by atoms with Gasteiger partial charge in [0.25, 0.3) is 0 Å². The molecule has 1 amide bonds. The second-order valence-corrected chi connectivity index (χ2v) is 6.26. The van der Waals surface area contributed by atoms with Crippen LogP contribution >= 0.6 is 0 Å². The Hall–Kier alpha value is -1.85. The number of carboxylic acid groups (broad SMARTS) is 1. The van der Waals surface area contributed by atoms with Crippen LogP contribution in [-0.4, -0.2) is 53.4 Å². The van der Waals surface area contributed by atoms with Gasteiger partial charge >= 0.3 is 6.09 Å². The quantitative estimate of drug-likeness (QED) is 0.866. The Morgan fingerprint density at radius 2 is 2.05 bits per heavy atom. The Morgan fingerprint density at radius 3 is 2.73 bits per heavy atom. The monoisotopic (exact) mass is 307 g/mol. The average Bonchev–Trinajstić information content (AvgIpc) is 2.67. The van der Waals surface area contributed by atoms with Crippen LogP contribution in [0.1, 0.15) is 36.9 Å². The molecule has 0 aromatic carbocycles. The molecule has 0 unspecified atom stereocenters. The van der Waals surface area contributed by atoms with E-state index in [1.807, 2.05) is 13.0 Å². The first kappa shape index (κ1) is 15.1. The van der Waals surface area contributed by atoms with Crippen LogP contribution in [0.4, 0.5) is 15.0 Å². The van der Waals surface area contributed by atoms with Gasteiger partial charge in [0.2, 0.25) is 0 Å². The molecule has 120 valence electrons. The minimum atomic E-state index is -0.870. The van der Waals surface area contributed by atoms with Gasteiger partial charge in [-0.25, -0.2) is 14.2 Å². The number of hydrogen-bond acceptors (Lipinski definition) is 3. The van der Waals surface area contributed by atoms with Crippen molar-refractivity contribution in [1.29, 1.82) is 0 Å². The van der Waals surface area contributed by atoms with Gasteiger partial charge in [-0.15, -0.1) is 0 Å². The van der Waals surface area contributed by atoms with Crippen LogP contribution in [-0.2, 0) is 6.42 Å². The van der Waals surface area contributed by atoms with Crippen LogP contribution in [0.3, 0.4) is 0 Å². The standard InChI is InChI=1S/C16H22FN3O2/c1-11-10-20(16(21)22)7-4-12-2-3-14(18-15(11)12)19-8-5-13(17)6-9-19/h2-3,11,13H,4-10H2,1H3,(H,21,22)/t11-/m1/s1. The smallest absolute Gasteiger partial charge is 0.407 e. The molecule has 0 saturated carbocycles. The van der Waals surface area contributed by atoms with Gasteiger partial charge in [0.15, 0.2) is 0 Å². The number of pyridine rings is 1. The molecular formula is C16H22FN3O2. The van der Waals surface area contributed by atoms with Gasteiger partial charge in [0.05, 0.1) is 5.69 Å². The van der Waals surface area contributed by atoms with E-state index in [0.717, 1.165) is 17.1 Å². The minimum Gasteiger partial charge on any atom is -0.465 e. The number of amides is 1. The molecule has 0 bridgehead atoms. The SMILES string of the molecule is C[C@@H]1CN(C(=O)O)CCc2ccc(N3CCC(F)CC3)nc21. The summed E-state index contributed by atoms with van der Waals surface area (Å²) in [6.45, 7) is 4.40. The van der Waals surface area contributed by atoms with Crippen LogP contribution < -0.4 is 4.90 Å². The highest BCUT2D eigenvalue weighted by atomic mass is 19.1. The van der Waals surface area contributed by atoms with E-state index in [2.05, 4.69) is 11.0 Å². The Kier molecular flexibility index (Phi) is 4.18. The number of fused-ring (bicyclic) bond motifs is 1. The molecular weight excluding hydrogens is 285 g/mol. The Morgan fingerprint density at radius 1 is 1.32 bits per heavy atom. The summed E-state index contributed by atoms with van der Waals surface area (Å²) in [7, 11) is 0. The maximum Gasteiger partial charge on any atom is 0.407 e. The summed E-state index contributed by atoms with van der Waals surface area (Å²) in [5.74, 6) is 0.966. The summed E-state index contributed by atoms with van der Waals surface area (Å²) >= 11 is 0. The maximum atomic E-state index is 13.3. The fourth-order valence-electron chi connectivity index (χ4n) is 3.32. The number of anilines is 1. The lowest BCUT2D eigenvalue weighted by Crippen LogP contribution is -2.35. The van der Waals surface area contributed by atoms with Gasteiger partial charge in [-0.2, -0.15) is 0 Å². The zero-order valence-corrected chi connectivity index (χ0v) is 12.8. The highest BCUT2D eigenvalue weighted by Crippen LogP contribution is 2.27. The van der Waals surface area contributed by atoms with Crippen molar-refractivity contribution < 1.29 is 14.3 Å². The molecule has 1 aromatic rings. The van der Waals surface area contributed by atoms with Gasteiger partial charge in [-0.1, -0.05) is 13.0 Å². The second-order valence-electron chi connectivity index (χ2n) is 6.26. The molecule has 1 fully saturated rings. The highest BCUT2D eigenvalue weighted by Gasteiger charge is 2.26. The van der Waals surface area contributed by atoms with E-state index < -0.39 is 12.3 Å². The topological polar surface area (TPSA) is 56.7 Å². The van der Waals surface area contributed by atoms with Crippen molar-refractivity contribution in [1.82, 2.24) is 9.88 Å². The summed E-state index contributed by atoms with van der Waals surface area (Å²) in [6.07, 6.45) is 0.249. The summed E-state index contributed by atoms with van der Waals surface area (Å²) < 4.78 is 13.3.